The van der Waals surface area contributed by atoms with Crippen LogP contribution in [0.5, 0.6) is 0 Å². The van der Waals surface area contributed by atoms with Crippen LogP contribution < -0.4 is 11.1 Å². The predicted octanol–water partition coefficient (Wildman–Crippen LogP) is 3.58. The van der Waals surface area contributed by atoms with Crippen LogP contribution in [0.4, 0.5) is 5.00 Å². The first kappa shape index (κ1) is 19.6. The third kappa shape index (κ3) is 4.96. The van der Waals surface area contributed by atoms with Crippen molar-refractivity contribution in [1.29, 1.82) is 0 Å². The van der Waals surface area contributed by atoms with Gasteiger partial charge >= 0.3 is 0 Å². The molecule has 1 heterocycles. The van der Waals surface area contributed by atoms with Crippen LogP contribution >= 0.6 is 11.3 Å². The Morgan fingerprint density at radius 2 is 1.93 bits per heavy atom. The molecule has 0 radical (unpaired) electrons. The summed E-state index contributed by atoms with van der Waals surface area (Å²) in [5.74, 6) is -0.508. The van der Waals surface area contributed by atoms with Gasteiger partial charge in [-0.2, -0.15) is 0 Å². The molecule has 6 heteroatoms. The predicted molar refractivity (Wildman–Crippen MR) is 110 cm³/mol. The van der Waals surface area contributed by atoms with E-state index >= 15 is 0 Å². The summed E-state index contributed by atoms with van der Waals surface area (Å²) in [5.41, 5.74) is 8.41. The smallest absolute Gasteiger partial charge is 0.251 e. The molecule has 1 aromatic heterocycles. The van der Waals surface area contributed by atoms with E-state index in [0.29, 0.717) is 23.5 Å². The van der Waals surface area contributed by atoms with Gasteiger partial charge in [0.25, 0.3) is 5.91 Å². The zero-order chi connectivity index (χ0) is 19.2. The molecular formula is C21H27N3O2S. The number of aryl methyl sites for hydroxylation is 1. The van der Waals surface area contributed by atoms with Crippen molar-refractivity contribution >= 4 is 28.2 Å². The molecule has 0 saturated carbocycles. The van der Waals surface area contributed by atoms with Gasteiger partial charge in [-0.25, -0.2) is 0 Å². The topological polar surface area (TPSA) is 75.4 Å². The van der Waals surface area contributed by atoms with E-state index in [1.54, 1.807) is 0 Å². The highest BCUT2D eigenvalue weighted by atomic mass is 32.1. The Morgan fingerprint density at radius 1 is 1.19 bits per heavy atom. The standard InChI is InChI=1S/C21H27N3O2S/c1-2-24(14-15-8-4-3-5-9-15)13-12-18(25)23-21-19(20(22)26)16-10-6-7-11-17(16)27-21/h3-5,8-9H,2,6-7,10-14H2,1H3,(H2,22,26)(H,23,25). The molecule has 0 spiro atoms. The van der Waals surface area contributed by atoms with Crippen molar-refractivity contribution in [2.24, 2.45) is 5.73 Å². The van der Waals surface area contributed by atoms with Crippen LogP contribution in [0.2, 0.25) is 0 Å². The van der Waals surface area contributed by atoms with Crippen molar-refractivity contribution in [3.8, 4) is 0 Å². The van der Waals surface area contributed by atoms with Gasteiger partial charge in [0.05, 0.1) is 5.56 Å². The molecule has 5 nitrogen and oxygen atoms in total. The lowest BCUT2D eigenvalue weighted by Crippen LogP contribution is -2.27. The Balaban J connectivity index is 1.60. The largest absolute Gasteiger partial charge is 0.365 e. The molecule has 3 rings (SSSR count). The summed E-state index contributed by atoms with van der Waals surface area (Å²) < 4.78 is 0. The zero-order valence-electron chi connectivity index (χ0n) is 15.8. The second kappa shape index (κ2) is 9.15. The van der Waals surface area contributed by atoms with E-state index in [2.05, 4.69) is 29.3 Å². The Kier molecular flexibility index (Phi) is 6.63. The van der Waals surface area contributed by atoms with Gasteiger partial charge in [0, 0.05) is 24.4 Å². The quantitative estimate of drug-likeness (QED) is 0.729. The molecular weight excluding hydrogens is 358 g/mol. The molecule has 0 bridgehead atoms. The second-order valence-corrected chi connectivity index (χ2v) is 8.04. The summed E-state index contributed by atoms with van der Waals surface area (Å²) in [6.45, 7) is 4.47. The maximum absolute atomic E-state index is 12.5. The number of hydrogen-bond donors (Lipinski definition) is 2. The fraction of sp³-hybridized carbons (Fsp3) is 0.429. The van der Waals surface area contributed by atoms with E-state index in [-0.39, 0.29) is 5.91 Å². The maximum Gasteiger partial charge on any atom is 0.251 e. The van der Waals surface area contributed by atoms with Crippen LogP contribution in [0, 0.1) is 0 Å². The number of carbonyl (C=O) groups is 2. The molecule has 0 atom stereocenters. The minimum absolute atomic E-state index is 0.0670. The molecule has 0 saturated heterocycles. The fourth-order valence-electron chi connectivity index (χ4n) is 3.55. The van der Waals surface area contributed by atoms with Gasteiger partial charge in [0.1, 0.15) is 5.00 Å². The van der Waals surface area contributed by atoms with Crippen molar-refractivity contribution < 1.29 is 9.59 Å². The number of nitrogens with one attached hydrogen (secondary N) is 1. The molecule has 0 aliphatic heterocycles. The van der Waals surface area contributed by atoms with Crippen LogP contribution in [0.25, 0.3) is 0 Å². The molecule has 0 fully saturated rings. The van der Waals surface area contributed by atoms with E-state index in [1.807, 2.05) is 18.2 Å². The minimum Gasteiger partial charge on any atom is -0.365 e. The molecule has 3 N–H and O–H groups in total. The molecule has 27 heavy (non-hydrogen) atoms. The van der Waals surface area contributed by atoms with Gasteiger partial charge in [0.15, 0.2) is 0 Å². The third-order valence-electron chi connectivity index (χ3n) is 5.02. The Bertz CT molecular complexity index is 801. The summed E-state index contributed by atoms with van der Waals surface area (Å²) in [6.07, 6.45) is 4.44. The van der Waals surface area contributed by atoms with Gasteiger partial charge < -0.3 is 11.1 Å². The molecule has 2 amide bonds. The van der Waals surface area contributed by atoms with Crippen molar-refractivity contribution in [2.75, 3.05) is 18.4 Å². The number of amides is 2. The molecule has 1 aliphatic rings. The number of anilines is 1. The Labute approximate surface area is 164 Å². The number of thiophene rings is 1. The van der Waals surface area contributed by atoms with E-state index in [9.17, 15) is 9.59 Å². The van der Waals surface area contributed by atoms with E-state index in [4.69, 9.17) is 5.73 Å². The van der Waals surface area contributed by atoms with Crippen molar-refractivity contribution in [1.82, 2.24) is 4.90 Å². The van der Waals surface area contributed by atoms with Crippen molar-refractivity contribution in [3.05, 3.63) is 51.9 Å². The summed E-state index contributed by atoms with van der Waals surface area (Å²) in [4.78, 5) is 27.8. The highest BCUT2D eigenvalue weighted by molar-refractivity contribution is 7.17. The lowest BCUT2D eigenvalue weighted by molar-refractivity contribution is -0.116. The number of nitrogens with two attached hydrogens (primary N) is 1. The number of nitrogens with zero attached hydrogens (tertiary/aromatic N) is 1. The lowest BCUT2D eigenvalue weighted by Gasteiger charge is -2.20. The number of carbonyl (C=O) groups excluding carboxylic acids is 2. The van der Waals surface area contributed by atoms with Gasteiger partial charge in [-0.3, -0.25) is 14.5 Å². The SMILES string of the molecule is CCN(CCC(=O)Nc1sc2c(c1C(N)=O)CCCC2)Cc1ccccc1. The normalized spacial score (nSPS) is 13.4. The van der Waals surface area contributed by atoms with E-state index in [1.165, 1.54) is 21.8 Å². The molecule has 1 aromatic carbocycles. The summed E-state index contributed by atoms with van der Waals surface area (Å²) in [5, 5.41) is 3.57. The Hall–Kier alpha value is -2.18. The maximum atomic E-state index is 12.5. The van der Waals surface area contributed by atoms with Gasteiger partial charge in [0.2, 0.25) is 5.91 Å². The Morgan fingerprint density at radius 3 is 2.63 bits per heavy atom. The first-order valence-corrected chi connectivity index (χ1v) is 10.4. The number of benzene rings is 1. The average molecular weight is 386 g/mol. The average Bonchev–Trinajstić information content (AvgIpc) is 3.03. The molecule has 0 unspecified atom stereocenters. The van der Waals surface area contributed by atoms with E-state index in [0.717, 1.165) is 44.3 Å². The van der Waals surface area contributed by atoms with Crippen LogP contribution in [0.3, 0.4) is 0 Å². The molecule has 144 valence electrons. The minimum atomic E-state index is -0.441. The summed E-state index contributed by atoms with van der Waals surface area (Å²) >= 11 is 1.51. The number of primary amides is 1. The van der Waals surface area contributed by atoms with Gasteiger partial charge in [-0.1, -0.05) is 37.3 Å². The number of rotatable bonds is 8. The van der Waals surface area contributed by atoms with Crippen molar-refractivity contribution in [3.63, 3.8) is 0 Å². The number of hydrogen-bond acceptors (Lipinski definition) is 4. The zero-order valence-corrected chi connectivity index (χ0v) is 16.6. The van der Waals surface area contributed by atoms with E-state index < -0.39 is 5.91 Å². The first-order valence-electron chi connectivity index (χ1n) is 9.59. The highest BCUT2D eigenvalue weighted by Crippen LogP contribution is 2.37. The van der Waals surface area contributed by atoms with Gasteiger partial charge in [-0.05, 0) is 43.4 Å². The monoisotopic (exact) mass is 385 g/mol. The summed E-state index contributed by atoms with van der Waals surface area (Å²) in [6, 6.07) is 10.2. The molecule has 1 aliphatic carbocycles. The molecule has 2 aromatic rings. The van der Waals surface area contributed by atoms with Crippen LogP contribution in [-0.2, 0) is 24.2 Å². The van der Waals surface area contributed by atoms with Gasteiger partial charge in [-0.15, -0.1) is 11.3 Å². The van der Waals surface area contributed by atoms with Crippen LogP contribution in [0.15, 0.2) is 30.3 Å². The third-order valence-corrected chi connectivity index (χ3v) is 6.23. The number of fused-ring (bicyclic) bond motifs is 1. The highest BCUT2D eigenvalue weighted by Gasteiger charge is 2.24. The lowest BCUT2D eigenvalue weighted by atomic mass is 9.95. The van der Waals surface area contributed by atoms with Crippen molar-refractivity contribution in [2.45, 2.75) is 45.6 Å². The second-order valence-electron chi connectivity index (χ2n) is 6.93. The fourth-order valence-corrected chi connectivity index (χ4v) is 4.86. The first-order chi connectivity index (χ1) is 13.1. The summed E-state index contributed by atoms with van der Waals surface area (Å²) in [7, 11) is 0. The van der Waals surface area contributed by atoms with Crippen LogP contribution in [0.1, 0.15) is 52.5 Å². The van der Waals surface area contributed by atoms with Crippen LogP contribution in [-0.4, -0.2) is 29.8 Å².